The summed E-state index contributed by atoms with van der Waals surface area (Å²) in [6, 6.07) is 28.0. The van der Waals surface area contributed by atoms with Crippen LogP contribution in [0, 0.1) is 11.8 Å². The summed E-state index contributed by atoms with van der Waals surface area (Å²) in [6.45, 7) is 38.0. The average Bonchev–Trinajstić information content (AvgIpc) is 3.71. The topological polar surface area (TPSA) is 0 Å². The number of hydrogen-bond donors (Lipinski definition) is 0. The molecule has 2 unspecified atom stereocenters. The van der Waals surface area contributed by atoms with Crippen LogP contribution >= 0.6 is 17.0 Å². The van der Waals surface area contributed by atoms with Crippen molar-refractivity contribution >= 4 is 35.1 Å². The van der Waals surface area contributed by atoms with Crippen LogP contribution in [0.5, 0.6) is 0 Å². The predicted molar refractivity (Wildman–Crippen MR) is 251 cm³/mol. The fourth-order valence-corrected chi connectivity index (χ4v) is 41.8. The molecule has 2 aliphatic rings. The Morgan fingerprint density at radius 3 is 1.12 bits per heavy atom. The molecule has 0 heterocycles. The van der Waals surface area contributed by atoms with E-state index in [0.717, 1.165) is 0 Å². The Hall–Kier alpha value is -1.96. The van der Waals surface area contributed by atoms with Gasteiger partial charge in [0.2, 0.25) is 0 Å². The number of hydrogen-bond acceptors (Lipinski definition) is 0. The van der Waals surface area contributed by atoms with Crippen LogP contribution in [0.25, 0.3) is 34.4 Å². The van der Waals surface area contributed by atoms with E-state index >= 15 is 0 Å². The Kier molecular flexibility index (Phi) is 11.9. The molecule has 0 aromatic heterocycles. The monoisotopic (exact) mass is 881 g/mol. The summed E-state index contributed by atoms with van der Waals surface area (Å²) in [6.07, 6.45) is 5.14. The molecule has 0 saturated carbocycles. The van der Waals surface area contributed by atoms with E-state index < -0.39 is 21.5 Å². The molecule has 0 amide bonds. The van der Waals surface area contributed by atoms with Gasteiger partial charge in [0.1, 0.15) is 0 Å². The van der Waals surface area contributed by atoms with Gasteiger partial charge in [0, 0.05) is 0 Å². The van der Waals surface area contributed by atoms with Crippen molar-refractivity contribution in [3.05, 3.63) is 128 Å². The van der Waals surface area contributed by atoms with Crippen LogP contribution < -0.4 is 0 Å². The van der Waals surface area contributed by atoms with E-state index in [1.54, 1.807) is 0 Å². The van der Waals surface area contributed by atoms with Crippen molar-refractivity contribution in [2.45, 2.75) is 140 Å². The Morgan fingerprint density at radius 2 is 0.839 bits per heavy atom. The van der Waals surface area contributed by atoms with Gasteiger partial charge >= 0.3 is 353 Å². The van der Waals surface area contributed by atoms with Gasteiger partial charge in [-0.25, -0.2) is 0 Å². The van der Waals surface area contributed by atoms with Crippen molar-refractivity contribution in [3.63, 3.8) is 0 Å². The number of allylic oxidation sites excluding steroid dienone is 2. The van der Waals surface area contributed by atoms with Crippen LogP contribution in [0.4, 0.5) is 0 Å². The second kappa shape index (κ2) is 15.3. The van der Waals surface area contributed by atoms with Crippen LogP contribution in [0.15, 0.2) is 83.9 Å². The second-order valence-corrected chi connectivity index (χ2v) is 63.3. The zero-order valence-corrected chi connectivity index (χ0v) is 42.5. The minimum atomic E-state index is -5.09. The first-order chi connectivity index (χ1) is 25.9. The zero-order chi connectivity index (χ0) is 41.5. The van der Waals surface area contributed by atoms with Gasteiger partial charge in [0.15, 0.2) is 0 Å². The van der Waals surface area contributed by atoms with E-state index in [0.29, 0.717) is 23.7 Å². The molecular formula is C52H69Cl2SiZr. The minimum absolute atomic E-state index is 0.0345. The maximum atomic E-state index is 9.05. The Balaban J connectivity index is 1.73. The first-order valence-corrected chi connectivity index (χ1v) is 37.8. The standard InChI is InChI=1S/2C25H31.C2H7Si.2ClH.Zr/c2*1-16(2)19-14-18-12-13-23(25(5,6)7)24(22(18)15-19)21-11-9-8-10-20(21)17(3)4;1-3-2;;;/h2*8-17H,1-7H3;3H,1-2H3;2*1H;/q;;;;;+2/p-2. The van der Waals surface area contributed by atoms with Gasteiger partial charge in [-0.15, -0.1) is 0 Å². The third-order valence-corrected chi connectivity index (χ3v) is 65.0. The van der Waals surface area contributed by atoms with Crippen molar-refractivity contribution in [3.8, 4) is 22.3 Å². The van der Waals surface area contributed by atoms with Gasteiger partial charge in [-0.3, -0.25) is 0 Å². The first-order valence-electron chi connectivity index (χ1n) is 21.5. The van der Waals surface area contributed by atoms with E-state index in [1.165, 1.54) is 77.9 Å². The maximum absolute atomic E-state index is 9.05. The molecule has 0 saturated heterocycles. The van der Waals surface area contributed by atoms with Crippen molar-refractivity contribution in [1.82, 2.24) is 0 Å². The molecule has 299 valence electrons. The summed E-state index contributed by atoms with van der Waals surface area (Å²) in [7, 11) is 18.1. The molecule has 0 spiro atoms. The molecule has 4 aromatic rings. The molecule has 0 bridgehead atoms. The predicted octanol–water partition coefficient (Wildman–Crippen LogP) is 16.7. The molecule has 0 radical (unpaired) electrons. The first kappa shape index (κ1) is 43.6. The number of halogens is 2. The number of rotatable bonds is 9. The van der Waals surface area contributed by atoms with Crippen LogP contribution in [-0.4, -0.2) is 5.92 Å². The summed E-state index contributed by atoms with van der Waals surface area (Å²) >= 11 is -5.09. The third kappa shape index (κ3) is 7.11. The van der Waals surface area contributed by atoms with Crippen LogP contribution in [0.2, 0.25) is 13.1 Å². The normalized spacial score (nSPS) is 18.2. The zero-order valence-electron chi connectivity index (χ0n) is 37.4. The molecule has 56 heavy (non-hydrogen) atoms. The van der Waals surface area contributed by atoms with Gasteiger partial charge < -0.3 is 0 Å². The Labute approximate surface area is 350 Å². The summed E-state index contributed by atoms with van der Waals surface area (Å²) < 4.78 is 0.0689. The summed E-state index contributed by atoms with van der Waals surface area (Å²) in [5, 5.41) is 0. The summed E-state index contributed by atoms with van der Waals surface area (Å²) in [5.41, 5.74) is 19.3. The fraction of sp³-hybridized carbons (Fsp3) is 0.462. The third-order valence-electron chi connectivity index (χ3n) is 13.3. The van der Waals surface area contributed by atoms with Crippen molar-refractivity contribution in [1.29, 1.82) is 0 Å². The molecular weight excluding hydrogens is 815 g/mol. The van der Waals surface area contributed by atoms with Gasteiger partial charge in [0.05, 0.1) is 0 Å². The SMILES string of the molecule is CC(C)C1=Cc2c(ccc(C(C)(C)C)c2-c2ccccc2C(C)C)[CH]1[Zr]([Cl])([Cl])([CH]1C(C(C)C)=Cc2c1ccc(C(C)(C)C)c2-c1ccccc1C(C)C)[SiH](C)C. The molecule has 4 aromatic carbocycles. The molecule has 0 nitrogen and oxygen atoms in total. The van der Waals surface area contributed by atoms with Gasteiger partial charge in [0.25, 0.3) is 0 Å². The van der Waals surface area contributed by atoms with Gasteiger partial charge in [-0.1, -0.05) is 0 Å². The van der Waals surface area contributed by atoms with E-state index in [4.69, 9.17) is 17.0 Å². The van der Waals surface area contributed by atoms with Crippen molar-refractivity contribution in [2.75, 3.05) is 0 Å². The van der Waals surface area contributed by atoms with Crippen LogP contribution in [0.1, 0.15) is 161 Å². The molecule has 2 aliphatic carbocycles. The Morgan fingerprint density at radius 1 is 0.500 bits per heavy atom. The molecule has 2 atom stereocenters. The average molecular weight is 884 g/mol. The number of fused-ring (bicyclic) bond motifs is 2. The van der Waals surface area contributed by atoms with Crippen LogP contribution in [0.3, 0.4) is 0 Å². The van der Waals surface area contributed by atoms with Crippen molar-refractivity contribution in [2.24, 2.45) is 11.8 Å². The fourth-order valence-electron chi connectivity index (χ4n) is 10.3. The van der Waals surface area contributed by atoms with Gasteiger partial charge in [-0.05, 0) is 0 Å². The Bertz CT molecular complexity index is 2070. The quantitative estimate of drug-likeness (QED) is 0.147. The molecule has 4 heteroatoms. The van der Waals surface area contributed by atoms with Crippen LogP contribution in [-0.2, 0) is 26.4 Å². The van der Waals surface area contributed by atoms with E-state index in [9.17, 15) is 0 Å². The summed E-state index contributed by atoms with van der Waals surface area (Å²) in [5.74, 6) is -0.352. The number of benzene rings is 4. The van der Waals surface area contributed by atoms with E-state index in [-0.39, 0.29) is 18.1 Å². The van der Waals surface area contributed by atoms with E-state index in [1.807, 2.05) is 0 Å². The summed E-state index contributed by atoms with van der Waals surface area (Å²) in [4.78, 5) is 0. The second-order valence-electron chi connectivity index (χ2n) is 20.8. The van der Waals surface area contributed by atoms with E-state index in [2.05, 4.69) is 195 Å². The molecule has 0 aliphatic heterocycles. The van der Waals surface area contributed by atoms with Crippen molar-refractivity contribution < 1.29 is 15.6 Å². The molecule has 0 fully saturated rings. The van der Waals surface area contributed by atoms with Gasteiger partial charge in [-0.2, -0.15) is 0 Å². The molecule has 6 rings (SSSR count). The molecule has 0 N–H and O–H groups in total.